The molecular formula is C12H24N6OS. The van der Waals surface area contributed by atoms with E-state index in [4.69, 9.17) is 10.6 Å². The lowest BCUT2D eigenvalue weighted by atomic mass is 10.2. The minimum Gasteiger partial charge on any atom is -0.463 e. The number of thioether (sulfide) groups is 1. The van der Waals surface area contributed by atoms with Gasteiger partial charge in [0.1, 0.15) is 0 Å². The van der Waals surface area contributed by atoms with Crippen molar-refractivity contribution in [1.29, 1.82) is 0 Å². The fourth-order valence-corrected chi connectivity index (χ4v) is 2.53. The number of hydrogen-bond donors (Lipinski definition) is 2. The van der Waals surface area contributed by atoms with E-state index in [1.165, 1.54) is 0 Å². The third-order valence-electron chi connectivity index (χ3n) is 2.86. The van der Waals surface area contributed by atoms with E-state index in [1.54, 1.807) is 11.8 Å². The molecule has 20 heavy (non-hydrogen) atoms. The number of nitrogen functional groups attached to an aromatic ring is 1. The molecule has 0 radical (unpaired) electrons. The number of nitrogens with zero attached hydrogens (tertiary/aromatic N) is 4. The fraction of sp³-hybridized carbons (Fsp3) is 0.750. The lowest BCUT2D eigenvalue weighted by Crippen LogP contribution is -2.35. The quantitative estimate of drug-likeness (QED) is 0.524. The molecule has 0 aliphatic carbocycles. The second kappa shape index (κ2) is 8.80. The lowest BCUT2D eigenvalue weighted by molar-refractivity contribution is 0.291. The van der Waals surface area contributed by atoms with Gasteiger partial charge in [-0.25, -0.2) is 5.84 Å². The van der Waals surface area contributed by atoms with Crippen LogP contribution in [0.1, 0.15) is 26.7 Å². The maximum atomic E-state index is 5.47. The maximum absolute atomic E-state index is 5.47. The number of anilines is 2. The highest BCUT2D eigenvalue weighted by Crippen LogP contribution is 2.18. The van der Waals surface area contributed by atoms with Crippen LogP contribution in [-0.2, 0) is 0 Å². The topological polar surface area (TPSA) is 89.2 Å². The molecule has 1 rings (SSSR count). The van der Waals surface area contributed by atoms with Crippen LogP contribution in [0.4, 0.5) is 11.9 Å². The van der Waals surface area contributed by atoms with Crippen molar-refractivity contribution in [3.8, 4) is 6.01 Å². The number of hydrazine groups is 1. The summed E-state index contributed by atoms with van der Waals surface area (Å²) < 4.78 is 5.47. The van der Waals surface area contributed by atoms with Crippen molar-refractivity contribution in [3.63, 3.8) is 0 Å². The average Bonchev–Trinajstić information content (AvgIpc) is 2.49. The molecule has 114 valence electrons. The second-order valence-electron chi connectivity index (χ2n) is 4.36. The lowest BCUT2D eigenvalue weighted by Gasteiger charge is -2.26. The summed E-state index contributed by atoms with van der Waals surface area (Å²) in [6.45, 7) is 4.75. The van der Waals surface area contributed by atoms with E-state index in [0.29, 0.717) is 30.6 Å². The summed E-state index contributed by atoms with van der Waals surface area (Å²) in [6.07, 6.45) is 4.00. The molecule has 1 aromatic heterocycles. The summed E-state index contributed by atoms with van der Waals surface area (Å²) in [6, 6.07) is 0.660. The van der Waals surface area contributed by atoms with Crippen LogP contribution in [0.3, 0.4) is 0 Å². The molecular weight excluding hydrogens is 276 g/mol. The molecule has 0 fully saturated rings. The van der Waals surface area contributed by atoms with E-state index >= 15 is 0 Å². The van der Waals surface area contributed by atoms with E-state index in [2.05, 4.69) is 33.6 Å². The molecule has 3 N–H and O–H groups in total. The standard InChI is InChI=1S/C12H24N6OS/c1-5-7-19-12-15-10(17-13)14-11(16-12)18(3)9(6-2)8-20-4/h9H,5-8,13H2,1-4H3,(H,14,15,16,17). The van der Waals surface area contributed by atoms with E-state index < -0.39 is 0 Å². The summed E-state index contributed by atoms with van der Waals surface area (Å²) in [7, 11) is 1.98. The van der Waals surface area contributed by atoms with Crippen molar-refractivity contribution in [2.45, 2.75) is 32.7 Å². The van der Waals surface area contributed by atoms with Crippen molar-refractivity contribution in [2.75, 3.05) is 36.0 Å². The summed E-state index contributed by atoms with van der Waals surface area (Å²) >= 11 is 1.80. The first kappa shape index (κ1) is 16.8. The Morgan fingerprint density at radius 3 is 2.65 bits per heavy atom. The van der Waals surface area contributed by atoms with Gasteiger partial charge in [-0.2, -0.15) is 26.7 Å². The van der Waals surface area contributed by atoms with E-state index in [0.717, 1.165) is 18.6 Å². The van der Waals surface area contributed by atoms with Gasteiger partial charge in [-0.1, -0.05) is 13.8 Å². The molecule has 1 unspecified atom stereocenters. The predicted octanol–water partition coefficient (Wildman–Crippen LogP) is 1.52. The Morgan fingerprint density at radius 1 is 1.35 bits per heavy atom. The van der Waals surface area contributed by atoms with Gasteiger partial charge in [0.25, 0.3) is 0 Å². The van der Waals surface area contributed by atoms with Crippen LogP contribution in [0.2, 0.25) is 0 Å². The zero-order valence-electron chi connectivity index (χ0n) is 12.6. The van der Waals surface area contributed by atoms with Crippen LogP contribution in [0.15, 0.2) is 0 Å². The van der Waals surface area contributed by atoms with Gasteiger partial charge in [0.15, 0.2) is 0 Å². The second-order valence-corrected chi connectivity index (χ2v) is 5.27. The Labute approximate surface area is 124 Å². The summed E-state index contributed by atoms with van der Waals surface area (Å²) in [5.74, 6) is 7.29. The first-order valence-electron chi connectivity index (χ1n) is 6.73. The van der Waals surface area contributed by atoms with Gasteiger partial charge >= 0.3 is 6.01 Å². The monoisotopic (exact) mass is 300 g/mol. The van der Waals surface area contributed by atoms with Crippen LogP contribution in [0.25, 0.3) is 0 Å². The molecule has 8 heteroatoms. The van der Waals surface area contributed by atoms with E-state index in [1.807, 2.05) is 18.9 Å². The molecule has 0 saturated heterocycles. The van der Waals surface area contributed by atoms with Gasteiger partial charge in [0, 0.05) is 18.8 Å². The molecule has 0 spiro atoms. The van der Waals surface area contributed by atoms with Gasteiger partial charge in [-0.15, -0.1) is 0 Å². The van der Waals surface area contributed by atoms with Crippen molar-refractivity contribution < 1.29 is 4.74 Å². The van der Waals surface area contributed by atoms with Crippen molar-refractivity contribution in [1.82, 2.24) is 15.0 Å². The molecule has 0 bridgehead atoms. The van der Waals surface area contributed by atoms with Gasteiger partial charge in [0.05, 0.1) is 6.61 Å². The van der Waals surface area contributed by atoms with Crippen LogP contribution < -0.4 is 20.9 Å². The molecule has 1 atom stereocenters. The van der Waals surface area contributed by atoms with Crippen molar-refractivity contribution in [3.05, 3.63) is 0 Å². The van der Waals surface area contributed by atoms with Gasteiger partial charge in [0.2, 0.25) is 11.9 Å². The minimum atomic E-state index is 0.302. The number of hydrogen-bond acceptors (Lipinski definition) is 8. The Bertz CT molecular complexity index is 406. The summed E-state index contributed by atoms with van der Waals surface area (Å²) in [4.78, 5) is 14.8. The molecule has 0 saturated carbocycles. The van der Waals surface area contributed by atoms with Crippen molar-refractivity contribution >= 4 is 23.7 Å². The molecule has 1 heterocycles. The first-order chi connectivity index (χ1) is 9.65. The van der Waals surface area contributed by atoms with Crippen molar-refractivity contribution in [2.24, 2.45) is 5.84 Å². The Hall–Kier alpha value is -1.28. The summed E-state index contributed by atoms with van der Waals surface area (Å²) in [5.41, 5.74) is 2.45. The molecule has 0 amide bonds. The highest BCUT2D eigenvalue weighted by Gasteiger charge is 2.17. The highest BCUT2D eigenvalue weighted by atomic mass is 32.2. The van der Waals surface area contributed by atoms with Gasteiger partial charge < -0.3 is 9.64 Å². The number of nitrogens with two attached hydrogens (primary N) is 1. The molecule has 0 aliphatic rings. The largest absolute Gasteiger partial charge is 0.463 e. The fourth-order valence-electron chi connectivity index (χ4n) is 1.69. The van der Waals surface area contributed by atoms with Crippen LogP contribution in [0.5, 0.6) is 6.01 Å². The number of ether oxygens (including phenoxy) is 1. The molecule has 0 aromatic carbocycles. The van der Waals surface area contributed by atoms with Gasteiger partial charge in [-0.05, 0) is 19.1 Å². The van der Waals surface area contributed by atoms with Crippen LogP contribution in [-0.4, -0.2) is 46.7 Å². The van der Waals surface area contributed by atoms with E-state index in [-0.39, 0.29) is 0 Å². The van der Waals surface area contributed by atoms with Gasteiger partial charge in [-0.3, -0.25) is 5.43 Å². The smallest absolute Gasteiger partial charge is 0.323 e. The SMILES string of the molecule is CCCOc1nc(NN)nc(N(C)C(CC)CSC)n1. The Kier molecular flexibility index (Phi) is 7.38. The summed E-state index contributed by atoms with van der Waals surface area (Å²) in [5, 5.41) is 0. The third kappa shape index (κ3) is 4.68. The number of nitrogens with one attached hydrogen (secondary N) is 1. The average molecular weight is 300 g/mol. The normalized spacial score (nSPS) is 12.1. The predicted molar refractivity (Wildman–Crippen MR) is 84.3 cm³/mol. The maximum Gasteiger partial charge on any atom is 0.323 e. The minimum absolute atomic E-state index is 0.302. The molecule has 7 nitrogen and oxygen atoms in total. The zero-order valence-corrected chi connectivity index (χ0v) is 13.4. The van der Waals surface area contributed by atoms with Crippen LogP contribution >= 0.6 is 11.8 Å². The van der Waals surface area contributed by atoms with Crippen LogP contribution in [0, 0.1) is 0 Å². The van der Waals surface area contributed by atoms with E-state index in [9.17, 15) is 0 Å². The molecule has 1 aromatic rings. The zero-order chi connectivity index (χ0) is 15.0. The molecule has 0 aliphatic heterocycles. The number of aromatic nitrogens is 3. The third-order valence-corrected chi connectivity index (χ3v) is 3.58. The number of rotatable bonds is 9. The Balaban J connectivity index is 2.96. The highest BCUT2D eigenvalue weighted by molar-refractivity contribution is 7.98. The Morgan fingerprint density at radius 2 is 2.10 bits per heavy atom. The first-order valence-corrected chi connectivity index (χ1v) is 8.12.